The van der Waals surface area contributed by atoms with E-state index in [0.717, 1.165) is 21.9 Å². The second-order valence-electron chi connectivity index (χ2n) is 11.2. The number of anilines is 1. The van der Waals surface area contributed by atoms with Crippen LogP contribution in [0.3, 0.4) is 0 Å². The lowest BCUT2D eigenvalue weighted by Crippen LogP contribution is -2.54. The summed E-state index contributed by atoms with van der Waals surface area (Å²) in [6.45, 7) is 6.05. The molecule has 0 bridgehead atoms. The summed E-state index contributed by atoms with van der Waals surface area (Å²) in [5.41, 5.74) is 1.80. The maximum Gasteiger partial charge on any atom is 0.243 e. The van der Waals surface area contributed by atoms with E-state index in [0.29, 0.717) is 17.9 Å². The largest absolute Gasteiger partial charge is 0.497 e. The van der Waals surface area contributed by atoms with Crippen LogP contribution in [0.1, 0.15) is 44.7 Å². The van der Waals surface area contributed by atoms with Gasteiger partial charge >= 0.3 is 0 Å². The molecule has 0 saturated carbocycles. The SMILES string of the molecule is COc1ccc(N(CCCC(=O)N(Cc2cccc(Br)c2)[C@@H](Cc2ccccc2)C(=O)NC(C)(C)C)S(C)(=O)=O)cc1. The third-order valence-electron chi connectivity index (χ3n) is 6.52. The Morgan fingerprint density at radius 1 is 0.952 bits per heavy atom. The summed E-state index contributed by atoms with van der Waals surface area (Å²) in [4.78, 5) is 29.3. The summed E-state index contributed by atoms with van der Waals surface area (Å²) in [5.74, 6) is 0.136. The van der Waals surface area contributed by atoms with E-state index < -0.39 is 21.6 Å². The van der Waals surface area contributed by atoms with Gasteiger partial charge in [0.1, 0.15) is 11.8 Å². The van der Waals surface area contributed by atoms with Crippen molar-refractivity contribution in [3.05, 3.63) is 94.5 Å². The van der Waals surface area contributed by atoms with Crippen LogP contribution in [0, 0.1) is 0 Å². The van der Waals surface area contributed by atoms with Gasteiger partial charge in [-0.05, 0) is 74.7 Å². The number of nitrogens with zero attached hydrogens (tertiary/aromatic N) is 2. The summed E-state index contributed by atoms with van der Waals surface area (Å²) in [6, 6.07) is 23.2. The van der Waals surface area contributed by atoms with Gasteiger partial charge in [0.2, 0.25) is 21.8 Å². The lowest BCUT2D eigenvalue weighted by Gasteiger charge is -2.34. The van der Waals surface area contributed by atoms with Crippen LogP contribution >= 0.6 is 15.9 Å². The van der Waals surface area contributed by atoms with Crippen LogP contribution in [-0.4, -0.2) is 56.6 Å². The Balaban J connectivity index is 1.89. The molecule has 10 heteroatoms. The summed E-state index contributed by atoms with van der Waals surface area (Å²) in [5, 5.41) is 3.06. The molecule has 226 valence electrons. The van der Waals surface area contributed by atoms with Crippen molar-refractivity contribution >= 4 is 43.5 Å². The van der Waals surface area contributed by atoms with Gasteiger partial charge in [-0.25, -0.2) is 8.42 Å². The van der Waals surface area contributed by atoms with E-state index in [-0.39, 0.29) is 37.7 Å². The predicted molar refractivity (Wildman–Crippen MR) is 171 cm³/mol. The number of hydrogen-bond acceptors (Lipinski definition) is 5. The molecule has 3 aromatic carbocycles. The van der Waals surface area contributed by atoms with Crippen molar-refractivity contribution in [2.75, 3.05) is 24.2 Å². The second-order valence-corrected chi connectivity index (χ2v) is 14.1. The Morgan fingerprint density at radius 3 is 2.17 bits per heavy atom. The molecular formula is C32H40BrN3O5S. The highest BCUT2D eigenvalue weighted by atomic mass is 79.9. The van der Waals surface area contributed by atoms with Gasteiger partial charge in [-0.1, -0.05) is 58.4 Å². The molecule has 0 unspecified atom stereocenters. The van der Waals surface area contributed by atoms with Crippen molar-refractivity contribution in [3.63, 3.8) is 0 Å². The fraction of sp³-hybridized carbons (Fsp3) is 0.375. The number of carbonyl (C=O) groups excluding carboxylic acids is 2. The molecule has 0 spiro atoms. The third kappa shape index (κ3) is 10.2. The first kappa shape index (κ1) is 33.1. The first-order valence-electron chi connectivity index (χ1n) is 13.8. The van der Waals surface area contributed by atoms with Crippen LogP contribution in [-0.2, 0) is 32.6 Å². The molecule has 2 amide bonds. The summed E-state index contributed by atoms with van der Waals surface area (Å²) in [7, 11) is -2.06. The molecule has 0 aromatic heterocycles. The van der Waals surface area contributed by atoms with E-state index in [2.05, 4.69) is 21.2 Å². The Kier molecular flexibility index (Phi) is 11.6. The predicted octanol–water partition coefficient (Wildman–Crippen LogP) is 5.56. The number of benzene rings is 3. The van der Waals surface area contributed by atoms with E-state index in [1.807, 2.05) is 75.4 Å². The number of methoxy groups -OCH3 is 1. The molecule has 0 radical (unpaired) electrons. The number of nitrogens with one attached hydrogen (secondary N) is 1. The van der Waals surface area contributed by atoms with Crippen molar-refractivity contribution in [1.82, 2.24) is 10.2 Å². The zero-order chi connectivity index (χ0) is 30.9. The van der Waals surface area contributed by atoms with E-state index in [1.54, 1.807) is 36.3 Å². The van der Waals surface area contributed by atoms with Gasteiger partial charge < -0.3 is 15.0 Å². The molecule has 0 aliphatic rings. The Labute approximate surface area is 258 Å². The molecule has 42 heavy (non-hydrogen) atoms. The van der Waals surface area contributed by atoms with Crippen LogP contribution in [0.2, 0.25) is 0 Å². The maximum absolute atomic E-state index is 13.9. The first-order valence-corrected chi connectivity index (χ1v) is 16.4. The minimum Gasteiger partial charge on any atom is -0.497 e. The summed E-state index contributed by atoms with van der Waals surface area (Å²) < 4.78 is 32.6. The van der Waals surface area contributed by atoms with Crippen molar-refractivity contribution in [2.45, 2.75) is 58.2 Å². The van der Waals surface area contributed by atoms with Gasteiger partial charge in [0.05, 0.1) is 19.1 Å². The molecule has 0 heterocycles. The van der Waals surface area contributed by atoms with Crippen LogP contribution in [0.15, 0.2) is 83.3 Å². The Morgan fingerprint density at radius 2 is 1.60 bits per heavy atom. The van der Waals surface area contributed by atoms with Gasteiger partial charge in [-0.15, -0.1) is 0 Å². The van der Waals surface area contributed by atoms with Crippen molar-refractivity contribution in [3.8, 4) is 5.75 Å². The number of halogens is 1. The summed E-state index contributed by atoms with van der Waals surface area (Å²) >= 11 is 3.50. The molecule has 0 aliphatic heterocycles. The number of amides is 2. The number of ether oxygens (including phenoxy) is 1. The van der Waals surface area contributed by atoms with Crippen LogP contribution in [0.25, 0.3) is 0 Å². The molecule has 0 saturated heterocycles. The van der Waals surface area contributed by atoms with E-state index in [9.17, 15) is 18.0 Å². The fourth-order valence-corrected chi connectivity index (χ4v) is 6.00. The molecule has 3 aromatic rings. The normalized spacial score (nSPS) is 12.3. The van der Waals surface area contributed by atoms with E-state index in [1.165, 1.54) is 4.31 Å². The van der Waals surface area contributed by atoms with Gasteiger partial charge in [0.25, 0.3) is 0 Å². The van der Waals surface area contributed by atoms with Crippen molar-refractivity contribution in [1.29, 1.82) is 0 Å². The third-order valence-corrected chi connectivity index (χ3v) is 8.21. The lowest BCUT2D eigenvalue weighted by atomic mass is 10.00. The second kappa shape index (κ2) is 14.7. The van der Waals surface area contributed by atoms with Crippen LogP contribution < -0.4 is 14.4 Å². The maximum atomic E-state index is 13.9. The number of hydrogen-bond donors (Lipinski definition) is 1. The quantitative estimate of drug-likeness (QED) is 0.260. The molecule has 1 atom stereocenters. The highest BCUT2D eigenvalue weighted by Crippen LogP contribution is 2.23. The number of carbonyl (C=O) groups is 2. The van der Waals surface area contributed by atoms with E-state index >= 15 is 0 Å². The van der Waals surface area contributed by atoms with Crippen LogP contribution in [0.5, 0.6) is 5.75 Å². The monoisotopic (exact) mass is 657 g/mol. The highest BCUT2D eigenvalue weighted by molar-refractivity contribution is 9.10. The lowest BCUT2D eigenvalue weighted by molar-refractivity contribution is -0.142. The van der Waals surface area contributed by atoms with Gasteiger partial charge in [-0.2, -0.15) is 0 Å². The fourth-order valence-electron chi connectivity index (χ4n) is 4.59. The zero-order valence-electron chi connectivity index (χ0n) is 24.8. The van der Waals surface area contributed by atoms with Crippen LogP contribution in [0.4, 0.5) is 5.69 Å². The minimum absolute atomic E-state index is 0.0598. The van der Waals surface area contributed by atoms with Gasteiger partial charge in [0, 0.05) is 35.9 Å². The smallest absolute Gasteiger partial charge is 0.243 e. The zero-order valence-corrected chi connectivity index (χ0v) is 27.2. The van der Waals surface area contributed by atoms with Crippen molar-refractivity contribution in [2.24, 2.45) is 0 Å². The molecule has 0 fully saturated rings. The van der Waals surface area contributed by atoms with Crippen molar-refractivity contribution < 1.29 is 22.7 Å². The first-order chi connectivity index (χ1) is 19.8. The highest BCUT2D eigenvalue weighted by Gasteiger charge is 2.32. The average Bonchev–Trinajstić information content (AvgIpc) is 2.92. The molecular weight excluding hydrogens is 618 g/mol. The topological polar surface area (TPSA) is 96.0 Å². The Bertz CT molecular complexity index is 1440. The number of sulfonamides is 1. The van der Waals surface area contributed by atoms with Gasteiger partial charge in [-0.3, -0.25) is 13.9 Å². The molecule has 1 N–H and O–H groups in total. The standard InChI is InChI=1S/C32H40BrN3O5S/c1-32(2,3)34-31(38)29(22-24-11-7-6-8-12-24)35(23-25-13-9-14-26(33)21-25)30(37)15-10-20-36(42(5,39)40)27-16-18-28(41-4)19-17-27/h6-9,11-14,16-19,21,29H,10,15,20,22-23H2,1-5H3,(H,34,38)/t29-/m0/s1. The number of rotatable bonds is 13. The minimum atomic E-state index is -3.60. The summed E-state index contributed by atoms with van der Waals surface area (Å²) in [6.07, 6.45) is 1.81. The average molecular weight is 659 g/mol. The van der Waals surface area contributed by atoms with Gasteiger partial charge in [0.15, 0.2) is 0 Å². The molecule has 8 nitrogen and oxygen atoms in total. The van der Waals surface area contributed by atoms with E-state index in [4.69, 9.17) is 4.74 Å². The Hall–Kier alpha value is -3.37. The molecule has 0 aliphatic carbocycles. The molecule has 3 rings (SSSR count).